The van der Waals surface area contributed by atoms with Crippen molar-refractivity contribution in [3.05, 3.63) is 59.4 Å². The van der Waals surface area contributed by atoms with Crippen molar-refractivity contribution in [2.24, 2.45) is 0 Å². The lowest BCUT2D eigenvalue weighted by Crippen LogP contribution is -2.22. The van der Waals surface area contributed by atoms with Crippen molar-refractivity contribution in [3.8, 4) is 11.3 Å². The Morgan fingerprint density at radius 3 is 2.70 bits per heavy atom. The summed E-state index contributed by atoms with van der Waals surface area (Å²) >= 11 is 0. The van der Waals surface area contributed by atoms with Crippen LogP contribution >= 0.6 is 0 Å². The average Bonchev–Trinajstić information content (AvgIpc) is 2.84. The minimum absolute atomic E-state index is 0.365. The molecule has 4 nitrogen and oxygen atoms in total. The molecule has 0 bridgehead atoms. The van der Waals surface area contributed by atoms with Crippen LogP contribution in [0.3, 0.4) is 0 Å². The fraction of sp³-hybridized carbons (Fsp3) is 0.0625. The van der Waals surface area contributed by atoms with E-state index in [2.05, 4.69) is 4.98 Å². The minimum atomic E-state index is -0.491. The van der Waals surface area contributed by atoms with Crippen molar-refractivity contribution in [2.75, 3.05) is 0 Å². The molecule has 0 spiro atoms. The zero-order valence-electron chi connectivity index (χ0n) is 10.8. The molecule has 0 radical (unpaired) electrons. The fourth-order valence-corrected chi connectivity index (χ4v) is 2.68. The highest BCUT2D eigenvalue weighted by atomic mass is 16.2. The highest BCUT2D eigenvalue weighted by Crippen LogP contribution is 2.34. The van der Waals surface area contributed by atoms with Crippen LogP contribution in [-0.2, 0) is 0 Å². The number of Topliss-reactive ketones (excluding diaryl/α,β-unsaturated/α-hetero) is 2. The summed E-state index contributed by atoms with van der Waals surface area (Å²) in [5.41, 5.74) is 3.86. The Labute approximate surface area is 114 Å². The predicted molar refractivity (Wildman–Crippen MR) is 74.0 cm³/mol. The lowest BCUT2D eigenvalue weighted by molar-refractivity contribution is 0.0812. The van der Waals surface area contributed by atoms with Gasteiger partial charge in [0.2, 0.25) is 5.78 Å². The first-order valence-electron chi connectivity index (χ1n) is 6.34. The molecule has 1 aliphatic carbocycles. The Balaban J connectivity index is 2.18. The number of aryl methyl sites for hydroxylation is 1. The summed E-state index contributed by atoms with van der Waals surface area (Å²) < 4.78 is 1.68. The minimum Gasteiger partial charge on any atom is -0.296 e. The van der Waals surface area contributed by atoms with Crippen LogP contribution in [0, 0.1) is 6.92 Å². The SMILES string of the molecule is Cc1ccc2c(c1)-c1nc3ccccn3c1C(=O)C2=O. The smallest absolute Gasteiger partial charge is 0.252 e. The zero-order chi connectivity index (χ0) is 13.9. The molecule has 0 aliphatic heterocycles. The number of benzene rings is 1. The first-order valence-corrected chi connectivity index (χ1v) is 6.34. The van der Waals surface area contributed by atoms with Crippen molar-refractivity contribution in [2.45, 2.75) is 6.92 Å². The number of carbonyl (C=O) groups excluding carboxylic acids is 2. The van der Waals surface area contributed by atoms with Gasteiger partial charge in [0.25, 0.3) is 5.78 Å². The Kier molecular flexibility index (Phi) is 2.02. The van der Waals surface area contributed by atoms with E-state index in [-0.39, 0.29) is 0 Å². The third kappa shape index (κ3) is 1.28. The van der Waals surface area contributed by atoms with Gasteiger partial charge in [0.05, 0.1) is 0 Å². The highest BCUT2D eigenvalue weighted by Gasteiger charge is 2.34. The van der Waals surface area contributed by atoms with Crippen LogP contribution in [0.25, 0.3) is 16.9 Å². The summed E-state index contributed by atoms with van der Waals surface area (Å²) in [6.45, 7) is 1.96. The van der Waals surface area contributed by atoms with Crippen LogP contribution < -0.4 is 0 Å². The van der Waals surface area contributed by atoms with Gasteiger partial charge in [0.1, 0.15) is 17.0 Å². The molecule has 0 unspecified atom stereocenters. The van der Waals surface area contributed by atoms with Crippen molar-refractivity contribution in [3.63, 3.8) is 0 Å². The largest absolute Gasteiger partial charge is 0.296 e. The van der Waals surface area contributed by atoms with Crippen LogP contribution in [0.15, 0.2) is 42.6 Å². The van der Waals surface area contributed by atoms with Crippen molar-refractivity contribution >= 4 is 17.2 Å². The molecule has 0 N–H and O–H groups in total. The number of ketones is 2. The number of hydrogen-bond acceptors (Lipinski definition) is 3. The Hall–Kier alpha value is -2.75. The maximum Gasteiger partial charge on any atom is 0.252 e. The molecule has 0 atom stereocenters. The van der Waals surface area contributed by atoms with Crippen molar-refractivity contribution in [1.29, 1.82) is 0 Å². The second-order valence-electron chi connectivity index (χ2n) is 4.95. The van der Waals surface area contributed by atoms with Gasteiger partial charge in [-0.25, -0.2) is 4.98 Å². The normalized spacial score (nSPS) is 13.4. The summed E-state index contributed by atoms with van der Waals surface area (Å²) in [5, 5.41) is 0. The molecular weight excluding hydrogens is 252 g/mol. The van der Waals surface area contributed by atoms with E-state index >= 15 is 0 Å². The van der Waals surface area contributed by atoms with Crippen LogP contribution in [0.5, 0.6) is 0 Å². The average molecular weight is 262 g/mol. The van der Waals surface area contributed by atoms with Crippen LogP contribution in [0.4, 0.5) is 0 Å². The molecule has 4 rings (SSSR count). The van der Waals surface area contributed by atoms with E-state index in [0.717, 1.165) is 11.1 Å². The summed E-state index contributed by atoms with van der Waals surface area (Å²) in [6.07, 6.45) is 1.76. The molecule has 2 aromatic heterocycles. The molecule has 1 aromatic carbocycles. The van der Waals surface area contributed by atoms with E-state index in [4.69, 9.17) is 0 Å². The van der Waals surface area contributed by atoms with Crippen LogP contribution in [0.2, 0.25) is 0 Å². The molecule has 20 heavy (non-hydrogen) atoms. The number of imidazole rings is 1. The number of nitrogens with zero attached hydrogens (tertiary/aromatic N) is 2. The summed E-state index contributed by atoms with van der Waals surface area (Å²) in [7, 11) is 0. The van der Waals surface area contributed by atoms with E-state index in [0.29, 0.717) is 22.6 Å². The van der Waals surface area contributed by atoms with Gasteiger partial charge in [0.15, 0.2) is 0 Å². The zero-order valence-corrected chi connectivity index (χ0v) is 10.8. The maximum absolute atomic E-state index is 12.3. The van der Waals surface area contributed by atoms with Crippen LogP contribution in [-0.4, -0.2) is 21.0 Å². The third-order valence-electron chi connectivity index (χ3n) is 3.63. The van der Waals surface area contributed by atoms with Gasteiger partial charge in [-0.1, -0.05) is 17.7 Å². The van der Waals surface area contributed by atoms with Gasteiger partial charge in [-0.3, -0.25) is 14.0 Å². The molecular formula is C16H10N2O2. The van der Waals surface area contributed by atoms with Gasteiger partial charge < -0.3 is 0 Å². The number of pyridine rings is 1. The molecule has 0 amide bonds. The van der Waals surface area contributed by atoms with Gasteiger partial charge in [0, 0.05) is 17.3 Å². The lowest BCUT2D eigenvalue weighted by atomic mass is 9.89. The quantitative estimate of drug-likeness (QED) is 0.585. The second-order valence-corrected chi connectivity index (χ2v) is 4.95. The van der Waals surface area contributed by atoms with Gasteiger partial charge >= 0.3 is 0 Å². The number of hydrogen-bond donors (Lipinski definition) is 0. The van der Waals surface area contributed by atoms with Crippen molar-refractivity contribution in [1.82, 2.24) is 9.38 Å². The lowest BCUT2D eigenvalue weighted by Gasteiger charge is -2.14. The summed E-state index contributed by atoms with van der Waals surface area (Å²) in [6, 6.07) is 11.0. The second kappa shape index (κ2) is 3.63. The molecule has 0 fully saturated rings. The Morgan fingerprint density at radius 2 is 1.85 bits per heavy atom. The Bertz CT molecular complexity index is 906. The van der Waals surface area contributed by atoms with Crippen LogP contribution in [0.1, 0.15) is 26.4 Å². The highest BCUT2D eigenvalue weighted by molar-refractivity contribution is 6.52. The molecule has 0 saturated carbocycles. The number of aromatic nitrogens is 2. The molecule has 0 saturated heterocycles. The predicted octanol–water partition coefficient (Wildman–Crippen LogP) is 2.69. The van der Waals surface area contributed by atoms with E-state index in [1.807, 2.05) is 37.3 Å². The molecule has 1 aliphatic rings. The molecule has 3 aromatic rings. The van der Waals surface area contributed by atoms with E-state index in [1.165, 1.54) is 0 Å². The van der Waals surface area contributed by atoms with Gasteiger partial charge in [-0.15, -0.1) is 0 Å². The monoisotopic (exact) mass is 262 g/mol. The fourth-order valence-electron chi connectivity index (χ4n) is 2.68. The van der Waals surface area contributed by atoms with Gasteiger partial charge in [-0.05, 0) is 31.2 Å². The summed E-state index contributed by atoms with van der Waals surface area (Å²) in [4.78, 5) is 29.1. The number of fused-ring (bicyclic) bond motifs is 5. The third-order valence-corrected chi connectivity index (χ3v) is 3.63. The first-order chi connectivity index (χ1) is 9.66. The van der Waals surface area contributed by atoms with Gasteiger partial charge in [-0.2, -0.15) is 0 Å². The van der Waals surface area contributed by atoms with Crippen molar-refractivity contribution < 1.29 is 9.59 Å². The van der Waals surface area contributed by atoms with E-state index < -0.39 is 11.6 Å². The van der Waals surface area contributed by atoms with E-state index in [1.54, 1.807) is 16.7 Å². The summed E-state index contributed by atoms with van der Waals surface area (Å²) in [5.74, 6) is -0.951. The standard InChI is InChI=1S/C16H10N2O2/c1-9-5-6-10-11(8-9)13-14(16(20)15(10)19)18-7-3-2-4-12(18)17-13/h2-8H,1H3. The topological polar surface area (TPSA) is 51.4 Å². The molecule has 96 valence electrons. The molecule has 2 heterocycles. The first kappa shape index (κ1) is 11.1. The Morgan fingerprint density at radius 1 is 1.00 bits per heavy atom. The number of carbonyl (C=O) groups is 2. The maximum atomic E-state index is 12.3. The van der Waals surface area contributed by atoms with E-state index in [9.17, 15) is 9.59 Å². The number of rotatable bonds is 0. The molecule has 4 heteroatoms.